The van der Waals surface area contributed by atoms with Crippen LogP contribution in [-0.2, 0) is 12.2 Å². The Hall–Kier alpha value is -1.26. The zero-order chi connectivity index (χ0) is 14.5. The first-order valence-electron chi connectivity index (χ1n) is 6.54. The van der Waals surface area contributed by atoms with E-state index in [1.54, 1.807) is 11.8 Å². The maximum Gasteiger partial charge on any atom is 0.141 e. The van der Waals surface area contributed by atoms with Crippen LogP contribution in [0, 0.1) is 5.92 Å². The van der Waals surface area contributed by atoms with Crippen LogP contribution in [0.5, 0.6) is 0 Å². The van der Waals surface area contributed by atoms with E-state index in [-0.39, 0.29) is 0 Å². The molecule has 0 bridgehead atoms. The van der Waals surface area contributed by atoms with Crippen molar-refractivity contribution in [1.82, 2.24) is 9.97 Å². The lowest BCUT2D eigenvalue weighted by molar-refractivity contribution is 0.632. The largest absolute Gasteiger partial charge is 0.384 e. The molecule has 0 atom stereocenters. The first-order chi connectivity index (χ1) is 9.54. The van der Waals surface area contributed by atoms with E-state index >= 15 is 0 Å². The van der Waals surface area contributed by atoms with Gasteiger partial charge in [-0.3, -0.25) is 0 Å². The molecule has 0 fully saturated rings. The van der Waals surface area contributed by atoms with Gasteiger partial charge in [0.25, 0.3) is 0 Å². The lowest BCUT2D eigenvalue weighted by Gasteiger charge is -2.08. The van der Waals surface area contributed by atoms with Crippen molar-refractivity contribution in [2.75, 3.05) is 5.73 Å². The molecule has 1 heterocycles. The summed E-state index contributed by atoms with van der Waals surface area (Å²) in [7, 11) is 0. The maximum atomic E-state index is 6.14. The third-order valence-corrected chi connectivity index (χ3v) is 4.17. The van der Waals surface area contributed by atoms with Crippen molar-refractivity contribution in [2.45, 2.75) is 30.9 Å². The van der Waals surface area contributed by atoms with Gasteiger partial charge in [0.05, 0.1) is 10.8 Å². The molecule has 0 amide bonds. The van der Waals surface area contributed by atoms with Crippen LogP contribution in [0.1, 0.15) is 25.4 Å². The molecule has 0 aliphatic rings. The van der Waals surface area contributed by atoms with Gasteiger partial charge >= 0.3 is 0 Å². The lowest BCUT2D eigenvalue weighted by atomic mass is 10.1. The van der Waals surface area contributed by atoms with Gasteiger partial charge in [-0.05, 0) is 24.5 Å². The second-order valence-corrected chi connectivity index (χ2v) is 6.44. The molecule has 106 valence electrons. The van der Waals surface area contributed by atoms with Gasteiger partial charge in [-0.1, -0.05) is 37.6 Å². The van der Waals surface area contributed by atoms with E-state index < -0.39 is 0 Å². The van der Waals surface area contributed by atoms with Crippen molar-refractivity contribution >= 4 is 29.2 Å². The molecule has 2 aromatic rings. The summed E-state index contributed by atoms with van der Waals surface area (Å²) in [4.78, 5) is 9.89. The van der Waals surface area contributed by atoms with E-state index in [2.05, 4.69) is 23.8 Å². The molecule has 0 radical (unpaired) electrons. The van der Waals surface area contributed by atoms with Crippen molar-refractivity contribution in [3.8, 4) is 0 Å². The number of nitrogen functional groups attached to an aromatic ring is 1. The number of nitrogens with zero attached hydrogens (tertiary/aromatic N) is 2. The normalized spacial score (nSPS) is 11.0. The highest BCUT2D eigenvalue weighted by Crippen LogP contribution is 2.28. The highest BCUT2D eigenvalue weighted by molar-refractivity contribution is 7.98. The number of hydrogen-bond donors (Lipinski definition) is 1. The standard InChI is InChI=1S/C15H18ClN3S/c1-10(2)7-11-8-14(17)19-15(18-11)9-20-13-6-4-3-5-12(13)16/h3-6,8,10H,7,9H2,1-2H3,(H2,17,18,19). The van der Waals surface area contributed by atoms with Gasteiger partial charge in [0.1, 0.15) is 11.6 Å². The summed E-state index contributed by atoms with van der Waals surface area (Å²) in [5.74, 6) is 2.50. The van der Waals surface area contributed by atoms with Crippen molar-refractivity contribution in [2.24, 2.45) is 5.92 Å². The summed E-state index contributed by atoms with van der Waals surface area (Å²) in [6.45, 7) is 4.33. The molecule has 20 heavy (non-hydrogen) atoms. The molecule has 2 N–H and O–H groups in total. The average molecular weight is 308 g/mol. The summed E-state index contributed by atoms with van der Waals surface area (Å²) >= 11 is 7.76. The van der Waals surface area contributed by atoms with Crippen molar-refractivity contribution in [1.29, 1.82) is 0 Å². The van der Waals surface area contributed by atoms with Crippen LogP contribution in [0.4, 0.5) is 5.82 Å². The molecular weight excluding hydrogens is 290 g/mol. The van der Waals surface area contributed by atoms with Gasteiger partial charge in [-0.25, -0.2) is 9.97 Å². The van der Waals surface area contributed by atoms with Crippen LogP contribution in [0.15, 0.2) is 35.2 Å². The molecule has 0 unspecified atom stereocenters. The van der Waals surface area contributed by atoms with E-state index in [4.69, 9.17) is 17.3 Å². The number of hydrogen-bond acceptors (Lipinski definition) is 4. The summed E-state index contributed by atoms with van der Waals surface area (Å²) in [5, 5.41) is 0.754. The lowest BCUT2D eigenvalue weighted by Crippen LogP contribution is -2.05. The number of benzene rings is 1. The van der Waals surface area contributed by atoms with E-state index in [0.717, 1.165) is 27.9 Å². The molecule has 5 heteroatoms. The minimum absolute atomic E-state index is 0.533. The SMILES string of the molecule is CC(C)Cc1cc(N)nc(CSc2ccccc2Cl)n1. The summed E-state index contributed by atoms with van der Waals surface area (Å²) in [6.07, 6.45) is 0.913. The number of nitrogens with two attached hydrogens (primary N) is 1. The fourth-order valence-corrected chi connectivity index (χ4v) is 2.96. The van der Waals surface area contributed by atoms with E-state index in [0.29, 0.717) is 17.5 Å². The minimum atomic E-state index is 0.533. The van der Waals surface area contributed by atoms with E-state index in [1.165, 1.54) is 0 Å². The van der Waals surface area contributed by atoms with Crippen LogP contribution in [-0.4, -0.2) is 9.97 Å². The van der Waals surface area contributed by atoms with Gasteiger partial charge < -0.3 is 5.73 Å². The number of thioether (sulfide) groups is 1. The molecule has 3 nitrogen and oxygen atoms in total. The Morgan fingerprint density at radius 2 is 2.00 bits per heavy atom. The second kappa shape index (κ2) is 6.95. The van der Waals surface area contributed by atoms with E-state index in [9.17, 15) is 0 Å². The highest BCUT2D eigenvalue weighted by Gasteiger charge is 2.07. The Morgan fingerprint density at radius 1 is 1.25 bits per heavy atom. The number of halogens is 1. The molecule has 1 aromatic carbocycles. The molecular formula is C15H18ClN3S. The third kappa shape index (κ3) is 4.39. The van der Waals surface area contributed by atoms with Gasteiger partial charge in [0.2, 0.25) is 0 Å². The van der Waals surface area contributed by atoms with Crippen LogP contribution in [0.3, 0.4) is 0 Å². The summed E-state index contributed by atoms with van der Waals surface area (Å²) in [5.41, 5.74) is 6.85. The molecule has 0 saturated carbocycles. The number of aromatic nitrogens is 2. The zero-order valence-electron chi connectivity index (χ0n) is 11.6. The van der Waals surface area contributed by atoms with Crippen LogP contribution in [0.2, 0.25) is 5.02 Å². The molecule has 1 aromatic heterocycles. The first-order valence-corrected chi connectivity index (χ1v) is 7.90. The Labute approximate surface area is 129 Å². The Balaban J connectivity index is 2.09. The van der Waals surface area contributed by atoms with E-state index in [1.807, 2.05) is 30.3 Å². The van der Waals surface area contributed by atoms with Crippen molar-refractivity contribution < 1.29 is 0 Å². The minimum Gasteiger partial charge on any atom is -0.384 e. The fourth-order valence-electron chi connectivity index (χ4n) is 1.87. The fraction of sp³-hybridized carbons (Fsp3) is 0.333. The van der Waals surface area contributed by atoms with Gasteiger partial charge in [-0.2, -0.15) is 0 Å². The van der Waals surface area contributed by atoms with Crippen LogP contribution >= 0.6 is 23.4 Å². The number of anilines is 1. The molecule has 0 saturated heterocycles. The topological polar surface area (TPSA) is 51.8 Å². The van der Waals surface area contributed by atoms with Gasteiger partial charge in [-0.15, -0.1) is 11.8 Å². The summed E-state index contributed by atoms with van der Waals surface area (Å²) < 4.78 is 0. The average Bonchev–Trinajstić information content (AvgIpc) is 2.36. The second-order valence-electron chi connectivity index (χ2n) is 5.02. The Bertz CT molecular complexity index is 587. The van der Waals surface area contributed by atoms with Crippen LogP contribution in [0.25, 0.3) is 0 Å². The van der Waals surface area contributed by atoms with Gasteiger partial charge in [0, 0.05) is 16.7 Å². The van der Waals surface area contributed by atoms with Crippen molar-refractivity contribution in [3.63, 3.8) is 0 Å². The quantitative estimate of drug-likeness (QED) is 0.841. The van der Waals surface area contributed by atoms with Gasteiger partial charge in [0.15, 0.2) is 0 Å². The molecule has 2 rings (SSSR count). The van der Waals surface area contributed by atoms with Crippen LogP contribution < -0.4 is 5.73 Å². The predicted molar refractivity (Wildman–Crippen MR) is 86.0 cm³/mol. The number of rotatable bonds is 5. The highest BCUT2D eigenvalue weighted by atomic mass is 35.5. The predicted octanol–water partition coefficient (Wildman–Crippen LogP) is 4.20. The Kier molecular flexibility index (Phi) is 5.26. The summed E-state index contributed by atoms with van der Waals surface area (Å²) in [6, 6.07) is 9.62. The maximum absolute atomic E-state index is 6.14. The molecule has 0 spiro atoms. The molecule has 0 aliphatic carbocycles. The molecule has 0 aliphatic heterocycles. The third-order valence-electron chi connectivity index (χ3n) is 2.66. The monoisotopic (exact) mass is 307 g/mol. The van der Waals surface area contributed by atoms with Crippen molar-refractivity contribution in [3.05, 3.63) is 46.9 Å². The Morgan fingerprint density at radius 3 is 2.70 bits per heavy atom. The first kappa shape index (κ1) is 15.1. The smallest absolute Gasteiger partial charge is 0.141 e. The zero-order valence-corrected chi connectivity index (χ0v) is 13.2.